The van der Waals surface area contributed by atoms with Gasteiger partial charge in [-0.2, -0.15) is 15.1 Å². The standard InChI is InChI=1S/C23H24N6/c1-16-11-13-18(14-12-16)25-21-20-15-24-29(19-9-3-2-4-10-19)22(20)28-23(27-21)26-17-7-5-6-8-17/h2-4,9-15,17H,5-8H2,1H3,(H2,25,26,27,28). The van der Waals surface area contributed by atoms with Crippen molar-refractivity contribution in [2.24, 2.45) is 0 Å². The molecule has 0 aliphatic heterocycles. The first-order valence-corrected chi connectivity index (χ1v) is 10.2. The summed E-state index contributed by atoms with van der Waals surface area (Å²) in [6.07, 6.45) is 6.69. The number of para-hydroxylation sites is 1. The Balaban J connectivity index is 1.59. The molecule has 0 saturated heterocycles. The molecule has 5 rings (SSSR count). The minimum absolute atomic E-state index is 0.438. The average Bonchev–Trinajstić information content (AvgIpc) is 3.40. The normalized spacial score (nSPS) is 14.4. The third-order valence-corrected chi connectivity index (χ3v) is 5.43. The Morgan fingerprint density at radius 2 is 1.69 bits per heavy atom. The first-order chi connectivity index (χ1) is 14.3. The van der Waals surface area contributed by atoms with E-state index in [4.69, 9.17) is 9.97 Å². The van der Waals surface area contributed by atoms with Crippen LogP contribution < -0.4 is 10.6 Å². The molecule has 0 atom stereocenters. The summed E-state index contributed by atoms with van der Waals surface area (Å²) in [6.45, 7) is 2.08. The van der Waals surface area contributed by atoms with E-state index in [9.17, 15) is 0 Å². The fourth-order valence-electron chi connectivity index (χ4n) is 3.85. The molecule has 0 amide bonds. The van der Waals surface area contributed by atoms with Crippen LogP contribution in [0.5, 0.6) is 0 Å². The topological polar surface area (TPSA) is 67.7 Å². The molecule has 2 heterocycles. The number of hydrogen-bond acceptors (Lipinski definition) is 5. The van der Waals surface area contributed by atoms with Gasteiger partial charge in [-0.25, -0.2) is 4.68 Å². The van der Waals surface area contributed by atoms with Crippen molar-refractivity contribution in [1.82, 2.24) is 19.7 Å². The lowest BCUT2D eigenvalue weighted by Gasteiger charge is -2.14. The molecule has 1 aliphatic rings. The average molecular weight is 384 g/mol. The number of benzene rings is 2. The number of rotatable bonds is 5. The van der Waals surface area contributed by atoms with Crippen LogP contribution in [0.1, 0.15) is 31.2 Å². The zero-order chi connectivity index (χ0) is 19.6. The Hall–Kier alpha value is -3.41. The summed E-state index contributed by atoms with van der Waals surface area (Å²) >= 11 is 0. The molecule has 0 spiro atoms. The lowest BCUT2D eigenvalue weighted by Crippen LogP contribution is -2.17. The van der Waals surface area contributed by atoms with Crippen molar-refractivity contribution < 1.29 is 0 Å². The van der Waals surface area contributed by atoms with Gasteiger partial charge in [0.25, 0.3) is 0 Å². The van der Waals surface area contributed by atoms with Gasteiger partial charge in [0, 0.05) is 11.7 Å². The van der Waals surface area contributed by atoms with Crippen molar-refractivity contribution in [3.8, 4) is 5.69 Å². The molecular weight excluding hydrogens is 360 g/mol. The molecule has 6 heteroatoms. The summed E-state index contributed by atoms with van der Waals surface area (Å²) in [5.74, 6) is 1.42. The Bertz CT molecular complexity index is 1110. The van der Waals surface area contributed by atoms with Crippen molar-refractivity contribution >= 4 is 28.5 Å². The Morgan fingerprint density at radius 1 is 0.931 bits per heavy atom. The highest BCUT2D eigenvalue weighted by Gasteiger charge is 2.19. The second kappa shape index (κ2) is 7.54. The van der Waals surface area contributed by atoms with Gasteiger partial charge in [0.05, 0.1) is 17.3 Å². The molecule has 2 N–H and O–H groups in total. The molecule has 0 unspecified atom stereocenters. The second-order valence-electron chi connectivity index (χ2n) is 7.64. The van der Waals surface area contributed by atoms with Crippen LogP contribution in [0.25, 0.3) is 16.7 Å². The predicted molar refractivity (Wildman–Crippen MR) is 117 cm³/mol. The number of anilines is 3. The van der Waals surface area contributed by atoms with Crippen LogP contribution in [0.4, 0.5) is 17.5 Å². The Labute approximate surface area is 170 Å². The lowest BCUT2D eigenvalue weighted by molar-refractivity contribution is 0.744. The zero-order valence-electron chi connectivity index (χ0n) is 16.5. The van der Waals surface area contributed by atoms with E-state index in [0.717, 1.165) is 28.2 Å². The van der Waals surface area contributed by atoms with Crippen LogP contribution in [0, 0.1) is 6.92 Å². The van der Waals surface area contributed by atoms with Gasteiger partial charge in [-0.15, -0.1) is 0 Å². The van der Waals surface area contributed by atoms with Crippen LogP contribution in [0.3, 0.4) is 0 Å². The van der Waals surface area contributed by atoms with Crippen molar-refractivity contribution in [1.29, 1.82) is 0 Å². The zero-order valence-corrected chi connectivity index (χ0v) is 16.5. The van der Waals surface area contributed by atoms with E-state index in [-0.39, 0.29) is 0 Å². The molecule has 1 saturated carbocycles. The van der Waals surface area contributed by atoms with E-state index in [1.54, 1.807) is 0 Å². The van der Waals surface area contributed by atoms with E-state index in [0.29, 0.717) is 12.0 Å². The van der Waals surface area contributed by atoms with Crippen LogP contribution in [-0.4, -0.2) is 25.8 Å². The van der Waals surface area contributed by atoms with Crippen LogP contribution in [0.2, 0.25) is 0 Å². The van der Waals surface area contributed by atoms with Gasteiger partial charge in [0.1, 0.15) is 5.82 Å². The molecule has 6 nitrogen and oxygen atoms in total. The maximum Gasteiger partial charge on any atom is 0.226 e. The molecule has 1 aliphatic carbocycles. The van der Waals surface area contributed by atoms with E-state index in [1.807, 2.05) is 41.2 Å². The molecule has 1 fully saturated rings. The summed E-state index contributed by atoms with van der Waals surface area (Å²) in [5, 5.41) is 12.5. The third kappa shape index (κ3) is 3.66. The van der Waals surface area contributed by atoms with Crippen LogP contribution in [-0.2, 0) is 0 Å². The van der Waals surface area contributed by atoms with Gasteiger partial charge in [0.15, 0.2) is 5.65 Å². The molecular formula is C23H24N6. The third-order valence-electron chi connectivity index (χ3n) is 5.43. The van der Waals surface area contributed by atoms with Gasteiger partial charge >= 0.3 is 0 Å². The van der Waals surface area contributed by atoms with Gasteiger partial charge in [-0.3, -0.25) is 0 Å². The maximum absolute atomic E-state index is 4.83. The monoisotopic (exact) mass is 384 g/mol. The van der Waals surface area contributed by atoms with E-state index >= 15 is 0 Å². The smallest absolute Gasteiger partial charge is 0.226 e. The molecule has 2 aromatic heterocycles. The number of fused-ring (bicyclic) bond motifs is 1. The first kappa shape index (κ1) is 17.7. The molecule has 146 valence electrons. The minimum Gasteiger partial charge on any atom is -0.351 e. The largest absolute Gasteiger partial charge is 0.351 e. The molecule has 4 aromatic rings. The highest BCUT2D eigenvalue weighted by molar-refractivity contribution is 5.90. The lowest BCUT2D eigenvalue weighted by atomic mass is 10.2. The summed E-state index contributed by atoms with van der Waals surface area (Å²) in [5.41, 5.74) is 3.99. The van der Waals surface area contributed by atoms with Crippen molar-refractivity contribution in [2.75, 3.05) is 10.6 Å². The van der Waals surface area contributed by atoms with Crippen LogP contribution >= 0.6 is 0 Å². The van der Waals surface area contributed by atoms with Gasteiger partial charge < -0.3 is 10.6 Å². The van der Waals surface area contributed by atoms with Gasteiger partial charge in [-0.05, 0) is 44.0 Å². The highest BCUT2D eigenvalue weighted by Crippen LogP contribution is 2.28. The summed E-state index contributed by atoms with van der Waals surface area (Å²) in [7, 11) is 0. The first-order valence-electron chi connectivity index (χ1n) is 10.2. The quantitative estimate of drug-likeness (QED) is 0.494. The highest BCUT2D eigenvalue weighted by atomic mass is 15.3. The fourth-order valence-corrected chi connectivity index (χ4v) is 3.85. The van der Waals surface area contributed by atoms with Gasteiger partial charge in [0.2, 0.25) is 5.95 Å². The van der Waals surface area contributed by atoms with E-state index < -0.39 is 0 Å². The fraction of sp³-hybridized carbons (Fsp3) is 0.261. The van der Waals surface area contributed by atoms with Gasteiger partial charge in [-0.1, -0.05) is 48.7 Å². The van der Waals surface area contributed by atoms with Crippen molar-refractivity contribution in [3.05, 3.63) is 66.4 Å². The Kier molecular flexibility index (Phi) is 4.60. The number of aromatic nitrogens is 4. The molecule has 29 heavy (non-hydrogen) atoms. The number of hydrogen-bond donors (Lipinski definition) is 2. The summed E-state index contributed by atoms with van der Waals surface area (Å²) in [4.78, 5) is 9.63. The van der Waals surface area contributed by atoms with Crippen molar-refractivity contribution in [2.45, 2.75) is 38.6 Å². The molecule has 0 radical (unpaired) electrons. The minimum atomic E-state index is 0.438. The second-order valence-corrected chi connectivity index (χ2v) is 7.64. The SMILES string of the molecule is Cc1ccc(Nc2nc(NC3CCCC3)nc3c2cnn3-c2ccccc2)cc1. The number of nitrogens with one attached hydrogen (secondary N) is 2. The van der Waals surface area contributed by atoms with E-state index in [2.05, 4.69) is 46.9 Å². The number of aryl methyl sites for hydroxylation is 1. The maximum atomic E-state index is 4.83. The summed E-state index contributed by atoms with van der Waals surface area (Å²) < 4.78 is 1.87. The van der Waals surface area contributed by atoms with Crippen LogP contribution in [0.15, 0.2) is 60.8 Å². The predicted octanol–water partition coefficient (Wildman–Crippen LogP) is 5.22. The van der Waals surface area contributed by atoms with Crippen molar-refractivity contribution in [3.63, 3.8) is 0 Å². The van der Waals surface area contributed by atoms with E-state index in [1.165, 1.54) is 31.2 Å². The Morgan fingerprint density at radius 3 is 2.45 bits per heavy atom. The number of nitrogens with zero attached hydrogens (tertiary/aromatic N) is 4. The molecule has 2 aromatic carbocycles. The molecule has 0 bridgehead atoms. The summed E-state index contributed by atoms with van der Waals surface area (Å²) in [6, 6.07) is 18.8.